The molecule has 0 atom stereocenters. The molecule has 0 saturated carbocycles. The summed E-state index contributed by atoms with van der Waals surface area (Å²) in [6, 6.07) is 13.5. The summed E-state index contributed by atoms with van der Waals surface area (Å²) in [7, 11) is 0. The van der Waals surface area contributed by atoms with Crippen molar-refractivity contribution in [1.29, 1.82) is 0 Å². The number of ether oxygens (including phenoxy) is 1. The molecule has 0 amide bonds. The van der Waals surface area contributed by atoms with E-state index in [9.17, 15) is 0 Å². The summed E-state index contributed by atoms with van der Waals surface area (Å²) < 4.78 is 7.03. The predicted octanol–water partition coefficient (Wildman–Crippen LogP) is 5.12. The van der Waals surface area contributed by atoms with Crippen LogP contribution in [-0.4, -0.2) is 0 Å². The quantitative estimate of drug-likeness (QED) is 0.779. The summed E-state index contributed by atoms with van der Waals surface area (Å²) in [5.41, 5.74) is 7.60. The second kappa shape index (κ2) is 5.25. The van der Waals surface area contributed by atoms with Gasteiger partial charge in [-0.1, -0.05) is 36.7 Å². The Hall–Kier alpha value is -1.48. The predicted molar refractivity (Wildman–Crippen MR) is 83.8 cm³/mol. The third kappa shape index (κ3) is 3.51. The third-order valence-electron chi connectivity index (χ3n) is 2.86. The Kier molecular flexibility index (Phi) is 3.85. The first-order chi connectivity index (χ1) is 8.86. The fourth-order valence-corrected chi connectivity index (χ4v) is 2.20. The Morgan fingerprint density at radius 1 is 1.00 bits per heavy atom. The van der Waals surface area contributed by atoms with Crippen LogP contribution < -0.4 is 10.5 Å². The lowest BCUT2D eigenvalue weighted by molar-refractivity contribution is 0.455. The van der Waals surface area contributed by atoms with Crippen molar-refractivity contribution >= 4 is 21.6 Å². The first-order valence-corrected chi connectivity index (χ1v) is 6.99. The minimum absolute atomic E-state index is 0.0208. The maximum absolute atomic E-state index is 5.97. The van der Waals surface area contributed by atoms with E-state index in [4.69, 9.17) is 10.5 Å². The van der Waals surface area contributed by atoms with Crippen LogP contribution in [0.1, 0.15) is 26.3 Å². The zero-order valence-electron chi connectivity index (χ0n) is 11.4. The van der Waals surface area contributed by atoms with Gasteiger partial charge in [0.2, 0.25) is 0 Å². The average Bonchev–Trinajstić information content (AvgIpc) is 2.33. The molecule has 2 aromatic rings. The molecule has 0 spiro atoms. The zero-order valence-corrected chi connectivity index (χ0v) is 13.0. The fraction of sp³-hybridized carbons (Fsp3) is 0.250. The van der Waals surface area contributed by atoms with Crippen LogP contribution in [-0.2, 0) is 5.41 Å². The lowest BCUT2D eigenvalue weighted by Gasteiger charge is -2.23. The average molecular weight is 320 g/mol. The number of hydrogen-bond donors (Lipinski definition) is 1. The van der Waals surface area contributed by atoms with Crippen LogP contribution in [0, 0.1) is 0 Å². The van der Waals surface area contributed by atoms with E-state index >= 15 is 0 Å². The Balaban J connectivity index is 2.37. The molecule has 0 aromatic heterocycles. The highest BCUT2D eigenvalue weighted by Gasteiger charge is 2.19. The molecule has 0 bridgehead atoms. The van der Waals surface area contributed by atoms with Gasteiger partial charge in [0, 0.05) is 15.7 Å². The SMILES string of the molecule is CC(C)(C)c1cc(Br)ccc1Oc1ccc(N)cc1. The molecule has 0 aliphatic carbocycles. The van der Waals surface area contributed by atoms with Crippen LogP contribution in [0.3, 0.4) is 0 Å². The number of anilines is 1. The molecule has 0 saturated heterocycles. The van der Waals surface area contributed by atoms with Gasteiger partial charge in [-0.25, -0.2) is 0 Å². The van der Waals surface area contributed by atoms with Gasteiger partial charge in [-0.2, -0.15) is 0 Å². The molecule has 0 radical (unpaired) electrons. The van der Waals surface area contributed by atoms with Crippen LogP contribution in [0.4, 0.5) is 5.69 Å². The van der Waals surface area contributed by atoms with Crippen LogP contribution in [0.15, 0.2) is 46.9 Å². The van der Waals surface area contributed by atoms with E-state index in [0.717, 1.165) is 21.7 Å². The van der Waals surface area contributed by atoms with E-state index in [2.05, 4.69) is 42.8 Å². The second-order valence-electron chi connectivity index (χ2n) is 5.56. The van der Waals surface area contributed by atoms with Gasteiger partial charge in [-0.05, 0) is 47.9 Å². The minimum atomic E-state index is 0.0208. The van der Waals surface area contributed by atoms with Crippen molar-refractivity contribution in [2.24, 2.45) is 0 Å². The van der Waals surface area contributed by atoms with Gasteiger partial charge >= 0.3 is 0 Å². The normalized spacial score (nSPS) is 11.4. The van der Waals surface area contributed by atoms with Gasteiger partial charge in [0.05, 0.1) is 0 Å². The Bertz CT molecular complexity index is 570. The van der Waals surface area contributed by atoms with Crippen molar-refractivity contribution < 1.29 is 4.74 Å². The van der Waals surface area contributed by atoms with Gasteiger partial charge in [0.25, 0.3) is 0 Å². The minimum Gasteiger partial charge on any atom is -0.457 e. The van der Waals surface area contributed by atoms with E-state index in [1.807, 2.05) is 36.4 Å². The van der Waals surface area contributed by atoms with Gasteiger partial charge in [-0.15, -0.1) is 0 Å². The second-order valence-corrected chi connectivity index (χ2v) is 6.48. The van der Waals surface area contributed by atoms with E-state index in [1.54, 1.807) is 0 Å². The van der Waals surface area contributed by atoms with Crippen molar-refractivity contribution in [1.82, 2.24) is 0 Å². The Morgan fingerprint density at radius 3 is 2.21 bits per heavy atom. The molecule has 0 aliphatic heterocycles. The molecular formula is C16H18BrNO. The van der Waals surface area contributed by atoms with E-state index in [0.29, 0.717) is 0 Å². The van der Waals surface area contributed by atoms with E-state index in [-0.39, 0.29) is 5.41 Å². The van der Waals surface area contributed by atoms with Crippen LogP contribution in [0.25, 0.3) is 0 Å². The highest BCUT2D eigenvalue weighted by atomic mass is 79.9. The molecular weight excluding hydrogens is 302 g/mol. The highest BCUT2D eigenvalue weighted by molar-refractivity contribution is 9.10. The maximum atomic E-state index is 5.97. The van der Waals surface area contributed by atoms with Crippen LogP contribution in [0.5, 0.6) is 11.5 Å². The number of nitrogens with two attached hydrogens (primary N) is 1. The molecule has 2 nitrogen and oxygen atoms in total. The summed E-state index contributed by atoms with van der Waals surface area (Å²) in [5, 5.41) is 0. The monoisotopic (exact) mass is 319 g/mol. The van der Waals surface area contributed by atoms with Gasteiger partial charge in [0.15, 0.2) is 0 Å². The summed E-state index contributed by atoms with van der Waals surface area (Å²) in [6.45, 7) is 6.51. The lowest BCUT2D eigenvalue weighted by Crippen LogP contribution is -2.12. The number of nitrogen functional groups attached to an aromatic ring is 1. The van der Waals surface area contributed by atoms with Crippen LogP contribution >= 0.6 is 15.9 Å². The molecule has 0 heterocycles. The van der Waals surface area contributed by atoms with Crippen molar-refractivity contribution in [3.8, 4) is 11.5 Å². The first kappa shape index (κ1) is 13.9. The molecule has 2 N–H and O–H groups in total. The standard InChI is InChI=1S/C16H18BrNO/c1-16(2,3)14-10-11(17)4-9-15(14)19-13-7-5-12(18)6-8-13/h4-10H,18H2,1-3H3. The Labute approximate surface area is 122 Å². The number of halogens is 1. The van der Waals surface area contributed by atoms with Crippen molar-refractivity contribution in [2.45, 2.75) is 26.2 Å². The molecule has 2 aromatic carbocycles. The summed E-state index contributed by atoms with van der Waals surface area (Å²) in [4.78, 5) is 0. The van der Waals surface area contributed by atoms with Gasteiger partial charge in [0.1, 0.15) is 11.5 Å². The first-order valence-electron chi connectivity index (χ1n) is 6.20. The number of hydrogen-bond acceptors (Lipinski definition) is 2. The zero-order chi connectivity index (χ0) is 14.0. The highest BCUT2D eigenvalue weighted by Crippen LogP contribution is 2.36. The van der Waals surface area contributed by atoms with Crippen LogP contribution in [0.2, 0.25) is 0 Å². The molecule has 3 heteroatoms. The topological polar surface area (TPSA) is 35.2 Å². The Morgan fingerprint density at radius 2 is 1.63 bits per heavy atom. The van der Waals surface area contributed by atoms with Crippen molar-refractivity contribution in [3.05, 3.63) is 52.5 Å². The van der Waals surface area contributed by atoms with Crippen molar-refractivity contribution in [3.63, 3.8) is 0 Å². The fourth-order valence-electron chi connectivity index (χ4n) is 1.84. The third-order valence-corrected chi connectivity index (χ3v) is 3.35. The van der Waals surface area contributed by atoms with E-state index in [1.165, 1.54) is 5.56 Å². The largest absolute Gasteiger partial charge is 0.457 e. The molecule has 2 rings (SSSR count). The number of benzene rings is 2. The smallest absolute Gasteiger partial charge is 0.131 e. The summed E-state index contributed by atoms with van der Waals surface area (Å²) >= 11 is 3.51. The van der Waals surface area contributed by atoms with Gasteiger partial charge in [-0.3, -0.25) is 0 Å². The molecule has 0 fully saturated rings. The molecule has 100 valence electrons. The summed E-state index contributed by atoms with van der Waals surface area (Å²) in [5.74, 6) is 1.67. The van der Waals surface area contributed by atoms with Crippen molar-refractivity contribution in [2.75, 3.05) is 5.73 Å². The van der Waals surface area contributed by atoms with Gasteiger partial charge < -0.3 is 10.5 Å². The summed E-state index contributed by atoms with van der Waals surface area (Å²) in [6.07, 6.45) is 0. The molecule has 0 unspecified atom stereocenters. The maximum Gasteiger partial charge on any atom is 0.131 e. The molecule has 0 aliphatic rings. The lowest BCUT2D eigenvalue weighted by atomic mass is 9.86. The number of rotatable bonds is 2. The van der Waals surface area contributed by atoms with E-state index < -0.39 is 0 Å². The molecule has 19 heavy (non-hydrogen) atoms.